The molecule has 0 unspecified atom stereocenters. The van der Waals surface area contributed by atoms with E-state index in [1.54, 1.807) is 0 Å². The maximum atomic E-state index is 6.37. The fourth-order valence-corrected chi connectivity index (χ4v) is 7.05. The van der Waals surface area contributed by atoms with Gasteiger partial charge in [-0.2, -0.15) is 0 Å². The van der Waals surface area contributed by atoms with E-state index in [1.807, 2.05) is 12.1 Å². The van der Waals surface area contributed by atoms with Gasteiger partial charge in [0.25, 0.3) is 0 Å². The summed E-state index contributed by atoms with van der Waals surface area (Å²) >= 11 is 0. The summed E-state index contributed by atoms with van der Waals surface area (Å²) in [5.74, 6) is 0. The van der Waals surface area contributed by atoms with Crippen molar-refractivity contribution in [2.75, 3.05) is 5.32 Å². The molecule has 0 atom stereocenters. The molecule has 2 aromatic heterocycles. The van der Waals surface area contributed by atoms with Crippen molar-refractivity contribution in [3.8, 4) is 16.8 Å². The maximum Gasteiger partial charge on any atom is 0.197 e. The van der Waals surface area contributed by atoms with Crippen molar-refractivity contribution < 1.29 is 4.42 Å². The molecule has 9 rings (SSSR count). The largest absolute Gasteiger partial charge is 0.456 e. The zero-order valence-corrected chi connectivity index (χ0v) is 24.3. The van der Waals surface area contributed by atoms with Gasteiger partial charge in [0.2, 0.25) is 0 Å². The third-order valence-electron chi connectivity index (χ3n) is 9.04. The number of rotatable bonds is 3. The molecule has 1 aliphatic rings. The molecule has 0 saturated carbocycles. The number of benzene rings is 6. The minimum Gasteiger partial charge on any atom is -0.456 e. The number of aryl methyl sites for hydroxylation is 3. The van der Waals surface area contributed by atoms with Crippen LogP contribution in [0.4, 0.5) is 11.4 Å². The molecule has 3 heterocycles. The fraction of sp³-hybridized carbons (Fsp3) is 0.0769. The average Bonchev–Trinajstić information content (AvgIpc) is 3.56. The molecule has 4 heteroatoms. The highest BCUT2D eigenvalue weighted by atomic mass is 16.3. The van der Waals surface area contributed by atoms with E-state index in [0.717, 1.165) is 38.9 Å². The molecular weight excluding hydrogens is 523 g/mol. The molecule has 0 fully saturated rings. The topological polar surface area (TPSA) is 30.1 Å². The number of anilines is 2. The van der Waals surface area contributed by atoms with Crippen molar-refractivity contribution in [2.45, 2.75) is 20.8 Å². The first-order chi connectivity index (χ1) is 21.0. The zero-order valence-electron chi connectivity index (χ0n) is 24.3. The van der Waals surface area contributed by atoms with Crippen molar-refractivity contribution in [3.05, 3.63) is 126 Å². The van der Waals surface area contributed by atoms with Gasteiger partial charge in [-0.25, -0.2) is 0 Å². The number of fused-ring (bicyclic) bond motifs is 8. The first-order valence-corrected chi connectivity index (χ1v) is 14.9. The Morgan fingerprint density at radius 2 is 1.42 bits per heavy atom. The van der Waals surface area contributed by atoms with E-state index in [9.17, 15) is 0 Å². The number of aromatic nitrogens is 1. The zero-order chi connectivity index (χ0) is 28.8. The molecule has 1 N–H and O–H groups in total. The van der Waals surface area contributed by atoms with Crippen LogP contribution in [0.2, 0.25) is 0 Å². The molecular formula is C39H28BN2O. The third-order valence-corrected chi connectivity index (χ3v) is 9.04. The second-order valence-corrected chi connectivity index (χ2v) is 11.9. The van der Waals surface area contributed by atoms with Crippen LogP contribution in [0.15, 0.2) is 114 Å². The van der Waals surface area contributed by atoms with Gasteiger partial charge in [-0.3, -0.25) is 0 Å². The molecule has 0 saturated heterocycles. The van der Waals surface area contributed by atoms with Gasteiger partial charge in [-0.1, -0.05) is 83.3 Å². The van der Waals surface area contributed by atoms with E-state index in [-0.39, 0.29) is 0 Å². The van der Waals surface area contributed by atoms with E-state index in [4.69, 9.17) is 4.42 Å². The number of nitrogens with zero attached hydrogens (tertiary/aromatic N) is 1. The lowest BCUT2D eigenvalue weighted by atomic mass is 9.58. The Bertz CT molecular complexity index is 2430. The summed E-state index contributed by atoms with van der Waals surface area (Å²) < 4.78 is 8.85. The molecule has 6 aromatic carbocycles. The van der Waals surface area contributed by atoms with Gasteiger partial charge in [-0.15, -0.1) is 0 Å². The Hall–Kier alpha value is -5.22. The Balaban J connectivity index is 1.40. The summed E-state index contributed by atoms with van der Waals surface area (Å²) in [7, 11) is 2.39. The second-order valence-electron chi connectivity index (χ2n) is 11.9. The van der Waals surface area contributed by atoms with Crippen LogP contribution in [0.25, 0.3) is 60.6 Å². The second kappa shape index (κ2) is 8.89. The molecule has 8 aromatic rings. The summed E-state index contributed by atoms with van der Waals surface area (Å²) in [4.78, 5) is 0. The quantitative estimate of drug-likeness (QED) is 0.222. The van der Waals surface area contributed by atoms with E-state index >= 15 is 0 Å². The Labute approximate surface area is 250 Å². The van der Waals surface area contributed by atoms with Crippen molar-refractivity contribution in [2.24, 2.45) is 0 Å². The summed E-state index contributed by atoms with van der Waals surface area (Å²) in [5.41, 5.74) is 16.2. The highest BCUT2D eigenvalue weighted by Crippen LogP contribution is 2.42. The van der Waals surface area contributed by atoms with E-state index < -0.39 is 0 Å². The van der Waals surface area contributed by atoms with Gasteiger partial charge in [0, 0.05) is 50.1 Å². The normalized spacial score (nSPS) is 12.3. The smallest absolute Gasteiger partial charge is 0.197 e. The highest BCUT2D eigenvalue weighted by molar-refractivity contribution is 6.73. The Morgan fingerprint density at radius 1 is 0.651 bits per heavy atom. The van der Waals surface area contributed by atoms with Crippen LogP contribution < -0.4 is 16.2 Å². The number of furan rings is 1. The number of hydrogen-bond donors (Lipinski definition) is 1. The first kappa shape index (κ1) is 24.4. The predicted molar refractivity (Wildman–Crippen MR) is 182 cm³/mol. The minimum absolute atomic E-state index is 0.880. The van der Waals surface area contributed by atoms with Gasteiger partial charge < -0.3 is 14.3 Å². The van der Waals surface area contributed by atoms with Crippen LogP contribution in [-0.2, 0) is 0 Å². The Kier molecular flexibility index (Phi) is 5.04. The lowest BCUT2D eigenvalue weighted by Crippen LogP contribution is -2.37. The predicted octanol–water partition coefficient (Wildman–Crippen LogP) is 8.99. The molecule has 0 spiro atoms. The number of para-hydroxylation sites is 2. The number of hydrogen-bond acceptors (Lipinski definition) is 2. The van der Waals surface area contributed by atoms with Crippen LogP contribution in [0.3, 0.4) is 0 Å². The highest BCUT2D eigenvalue weighted by Gasteiger charge is 2.28. The SMILES string of the molecule is Cc1ccc(Nc2cc3oc4ccccc4c3cc2-c2cc(C)c3c4ccccc4n4c3c2[B]c2cc(C)ccc2-4)cc1. The molecule has 0 bridgehead atoms. The fourth-order valence-electron chi connectivity index (χ4n) is 7.05. The maximum absolute atomic E-state index is 6.37. The lowest BCUT2D eigenvalue weighted by Gasteiger charge is -2.25. The molecule has 43 heavy (non-hydrogen) atoms. The van der Waals surface area contributed by atoms with Crippen LogP contribution in [0.5, 0.6) is 0 Å². The Morgan fingerprint density at radius 3 is 2.28 bits per heavy atom. The minimum atomic E-state index is 0.880. The van der Waals surface area contributed by atoms with Crippen molar-refractivity contribution in [3.63, 3.8) is 0 Å². The number of nitrogens with one attached hydrogen (secondary N) is 1. The van der Waals surface area contributed by atoms with Crippen molar-refractivity contribution >= 4 is 73.3 Å². The molecule has 1 radical (unpaired) electrons. The molecule has 0 aliphatic carbocycles. The van der Waals surface area contributed by atoms with Crippen LogP contribution in [0.1, 0.15) is 16.7 Å². The average molecular weight is 551 g/mol. The monoisotopic (exact) mass is 551 g/mol. The lowest BCUT2D eigenvalue weighted by molar-refractivity contribution is 0.669. The summed E-state index contributed by atoms with van der Waals surface area (Å²) in [6.45, 7) is 6.54. The van der Waals surface area contributed by atoms with Crippen molar-refractivity contribution in [1.29, 1.82) is 0 Å². The van der Waals surface area contributed by atoms with Crippen LogP contribution in [-0.4, -0.2) is 11.8 Å². The van der Waals surface area contributed by atoms with Gasteiger partial charge in [-0.05, 0) is 73.8 Å². The molecule has 3 nitrogen and oxygen atoms in total. The molecule has 203 valence electrons. The van der Waals surface area contributed by atoms with Gasteiger partial charge in [0.1, 0.15) is 11.2 Å². The van der Waals surface area contributed by atoms with Crippen LogP contribution in [0, 0.1) is 20.8 Å². The summed E-state index contributed by atoms with van der Waals surface area (Å²) in [6, 6.07) is 39.4. The standard InChI is InChI=1S/C39H28BN2O/c1-22-12-15-25(16-13-22)41-32-21-36-29(26-8-5-7-11-35(26)43-36)20-28(32)30-19-24(3)37-27-9-4-6-10-33(27)42-34-17-14-23(2)18-31(34)40-38(30)39(37)42/h4-21,41H,1-3H3. The third kappa shape index (κ3) is 3.56. The van der Waals surface area contributed by atoms with Crippen LogP contribution >= 0.6 is 0 Å². The summed E-state index contributed by atoms with van der Waals surface area (Å²) in [5, 5.41) is 8.62. The van der Waals surface area contributed by atoms with Gasteiger partial charge in [0.05, 0.1) is 11.2 Å². The molecule has 0 amide bonds. The van der Waals surface area contributed by atoms with Gasteiger partial charge >= 0.3 is 0 Å². The van der Waals surface area contributed by atoms with E-state index in [0.29, 0.717) is 0 Å². The molecule has 1 aliphatic heterocycles. The summed E-state index contributed by atoms with van der Waals surface area (Å²) in [6.07, 6.45) is 0. The van der Waals surface area contributed by atoms with E-state index in [1.165, 1.54) is 60.7 Å². The van der Waals surface area contributed by atoms with Gasteiger partial charge in [0.15, 0.2) is 7.28 Å². The van der Waals surface area contributed by atoms with Crippen molar-refractivity contribution in [1.82, 2.24) is 4.57 Å². The first-order valence-electron chi connectivity index (χ1n) is 14.9. The van der Waals surface area contributed by atoms with E-state index in [2.05, 4.69) is 135 Å².